The molecular weight excluding hydrogens is 348 g/mol. The van der Waals surface area contributed by atoms with Crippen molar-refractivity contribution >= 4 is 23.9 Å². The third-order valence-electron chi connectivity index (χ3n) is 3.90. The van der Waals surface area contributed by atoms with Gasteiger partial charge in [-0.05, 0) is 30.2 Å². The van der Waals surface area contributed by atoms with Gasteiger partial charge in [-0.1, -0.05) is 19.1 Å². The average Bonchev–Trinajstić information content (AvgIpc) is 2.67. The third-order valence-corrected chi connectivity index (χ3v) is 3.90. The van der Waals surface area contributed by atoms with E-state index in [9.17, 15) is 14.4 Å². The Bertz CT molecular complexity index is 672. The van der Waals surface area contributed by atoms with Crippen LogP contribution in [0.5, 0.6) is 5.75 Å². The van der Waals surface area contributed by atoms with Crippen molar-refractivity contribution in [3.63, 3.8) is 0 Å². The fourth-order valence-electron chi connectivity index (χ4n) is 2.45. The van der Waals surface area contributed by atoms with Gasteiger partial charge >= 0.3 is 5.97 Å². The normalized spacial score (nSPS) is 11.7. The zero-order valence-corrected chi connectivity index (χ0v) is 16.4. The first kappa shape index (κ1) is 22.2. The molecule has 1 unspecified atom stereocenters. The van der Waals surface area contributed by atoms with E-state index in [0.29, 0.717) is 25.3 Å². The maximum absolute atomic E-state index is 12.6. The monoisotopic (exact) mass is 376 g/mol. The predicted molar refractivity (Wildman–Crippen MR) is 103 cm³/mol. The highest BCUT2D eigenvalue weighted by Crippen LogP contribution is 2.14. The van der Waals surface area contributed by atoms with Crippen LogP contribution in [-0.2, 0) is 19.1 Å². The molecule has 0 saturated carbocycles. The number of esters is 1. The molecule has 1 aromatic rings. The minimum absolute atomic E-state index is 0.117. The summed E-state index contributed by atoms with van der Waals surface area (Å²) >= 11 is 0. The standard InChI is InChI=1S/C20H28N2O5/c1-15(20(25)27-4)14-22(12-6-11-21-16(2)23)19(24)10-9-17-7-5-8-18(13-17)26-3/h5,7-10,13,15H,6,11-12,14H2,1-4H3,(H,21,23)/b10-9+. The predicted octanol–water partition coefficient (Wildman–Crippen LogP) is 1.87. The topological polar surface area (TPSA) is 84.9 Å². The van der Waals surface area contributed by atoms with Crippen molar-refractivity contribution in [2.24, 2.45) is 5.92 Å². The first-order chi connectivity index (χ1) is 12.9. The number of benzene rings is 1. The number of hydrogen-bond donors (Lipinski definition) is 1. The van der Waals surface area contributed by atoms with E-state index in [-0.39, 0.29) is 24.3 Å². The first-order valence-electron chi connectivity index (χ1n) is 8.80. The van der Waals surface area contributed by atoms with E-state index in [1.807, 2.05) is 24.3 Å². The summed E-state index contributed by atoms with van der Waals surface area (Å²) < 4.78 is 9.91. The number of rotatable bonds is 10. The molecule has 1 atom stereocenters. The summed E-state index contributed by atoms with van der Waals surface area (Å²) in [5.74, 6) is -0.433. The summed E-state index contributed by atoms with van der Waals surface area (Å²) in [6, 6.07) is 7.35. The molecule has 2 amide bonds. The highest BCUT2D eigenvalue weighted by molar-refractivity contribution is 5.92. The quantitative estimate of drug-likeness (QED) is 0.383. The van der Waals surface area contributed by atoms with Crippen LogP contribution in [-0.4, -0.2) is 56.5 Å². The van der Waals surface area contributed by atoms with Gasteiger partial charge < -0.3 is 19.7 Å². The Hall–Kier alpha value is -2.83. The Labute approximate surface area is 160 Å². The van der Waals surface area contributed by atoms with Gasteiger partial charge in [-0.2, -0.15) is 0 Å². The SMILES string of the molecule is COC(=O)C(C)CN(CCCNC(C)=O)C(=O)/C=C/c1cccc(OC)c1. The minimum Gasteiger partial charge on any atom is -0.497 e. The molecule has 0 saturated heterocycles. The molecule has 7 nitrogen and oxygen atoms in total. The Balaban J connectivity index is 2.78. The Kier molecular flexibility index (Phi) is 9.64. The zero-order valence-electron chi connectivity index (χ0n) is 16.4. The number of carbonyl (C=O) groups is 3. The number of ether oxygens (including phenoxy) is 2. The van der Waals surface area contributed by atoms with Gasteiger partial charge in [0.2, 0.25) is 11.8 Å². The van der Waals surface area contributed by atoms with Crippen molar-refractivity contribution in [2.75, 3.05) is 33.9 Å². The van der Waals surface area contributed by atoms with Gasteiger partial charge in [-0.15, -0.1) is 0 Å². The highest BCUT2D eigenvalue weighted by Gasteiger charge is 2.20. The molecular formula is C20H28N2O5. The van der Waals surface area contributed by atoms with Crippen LogP contribution in [0.1, 0.15) is 25.8 Å². The smallest absolute Gasteiger partial charge is 0.310 e. The second-order valence-corrected chi connectivity index (χ2v) is 6.15. The van der Waals surface area contributed by atoms with E-state index < -0.39 is 5.92 Å². The summed E-state index contributed by atoms with van der Waals surface area (Å²) in [6.45, 7) is 4.28. The van der Waals surface area contributed by atoms with Gasteiger partial charge in [0.25, 0.3) is 0 Å². The van der Waals surface area contributed by atoms with Crippen molar-refractivity contribution in [1.29, 1.82) is 0 Å². The number of amides is 2. The fraction of sp³-hybridized carbons (Fsp3) is 0.450. The molecule has 7 heteroatoms. The van der Waals surface area contributed by atoms with E-state index in [1.165, 1.54) is 20.1 Å². The molecule has 0 radical (unpaired) electrons. The van der Waals surface area contributed by atoms with E-state index in [1.54, 1.807) is 25.0 Å². The van der Waals surface area contributed by atoms with Gasteiger partial charge in [0.05, 0.1) is 20.1 Å². The van der Waals surface area contributed by atoms with Crippen molar-refractivity contribution < 1.29 is 23.9 Å². The third kappa shape index (κ3) is 8.40. The molecule has 0 aromatic heterocycles. The van der Waals surface area contributed by atoms with Crippen LogP contribution in [0.4, 0.5) is 0 Å². The van der Waals surface area contributed by atoms with Crippen molar-refractivity contribution in [3.05, 3.63) is 35.9 Å². The Morgan fingerprint density at radius 2 is 2.00 bits per heavy atom. The molecule has 1 rings (SSSR count). The van der Waals surface area contributed by atoms with Crippen molar-refractivity contribution in [1.82, 2.24) is 10.2 Å². The Morgan fingerprint density at radius 1 is 1.26 bits per heavy atom. The van der Waals surface area contributed by atoms with Gasteiger partial charge in [-0.3, -0.25) is 14.4 Å². The second kappa shape index (κ2) is 11.7. The minimum atomic E-state index is -0.440. The number of carbonyl (C=O) groups excluding carboxylic acids is 3. The van der Waals surface area contributed by atoms with Crippen LogP contribution in [0.3, 0.4) is 0 Å². The van der Waals surface area contributed by atoms with Crippen LogP contribution < -0.4 is 10.1 Å². The lowest BCUT2D eigenvalue weighted by molar-refractivity contribution is -0.146. The van der Waals surface area contributed by atoms with Crippen molar-refractivity contribution in [2.45, 2.75) is 20.3 Å². The zero-order chi connectivity index (χ0) is 20.2. The molecule has 0 aliphatic rings. The molecule has 0 aliphatic heterocycles. The largest absolute Gasteiger partial charge is 0.497 e. The van der Waals surface area contributed by atoms with Crippen LogP contribution in [0.2, 0.25) is 0 Å². The maximum atomic E-state index is 12.6. The maximum Gasteiger partial charge on any atom is 0.310 e. The van der Waals surface area contributed by atoms with Gasteiger partial charge in [0.1, 0.15) is 5.75 Å². The molecule has 148 valence electrons. The number of methoxy groups -OCH3 is 2. The number of nitrogens with one attached hydrogen (secondary N) is 1. The summed E-state index contributed by atoms with van der Waals surface area (Å²) in [5.41, 5.74) is 0.835. The molecule has 0 bridgehead atoms. The van der Waals surface area contributed by atoms with Crippen LogP contribution in [0.15, 0.2) is 30.3 Å². The van der Waals surface area contributed by atoms with E-state index in [0.717, 1.165) is 5.56 Å². The Morgan fingerprint density at radius 3 is 2.63 bits per heavy atom. The summed E-state index contributed by atoms with van der Waals surface area (Å²) in [4.78, 5) is 36.9. The number of nitrogens with zero attached hydrogens (tertiary/aromatic N) is 1. The van der Waals surface area contributed by atoms with Crippen LogP contribution in [0.25, 0.3) is 6.08 Å². The first-order valence-corrected chi connectivity index (χ1v) is 8.80. The molecule has 1 aromatic carbocycles. The molecule has 1 N–H and O–H groups in total. The lowest BCUT2D eigenvalue weighted by Gasteiger charge is -2.24. The van der Waals surface area contributed by atoms with E-state index in [2.05, 4.69) is 5.32 Å². The molecule has 0 fully saturated rings. The summed E-state index contributed by atoms with van der Waals surface area (Å²) in [5, 5.41) is 2.70. The van der Waals surface area contributed by atoms with Crippen LogP contribution in [0, 0.1) is 5.92 Å². The summed E-state index contributed by atoms with van der Waals surface area (Å²) in [7, 11) is 2.91. The van der Waals surface area contributed by atoms with Gasteiger partial charge in [-0.25, -0.2) is 0 Å². The van der Waals surface area contributed by atoms with Gasteiger partial charge in [0, 0.05) is 32.6 Å². The summed E-state index contributed by atoms with van der Waals surface area (Å²) in [6.07, 6.45) is 3.76. The lowest BCUT2D eigenvalue weighted by atomic mass is 10.1. The average molecular weight is 376 g/mol. The highest BCUT2D eigenvalue weighted by atomic mass is 16.5. The number of hydrogen-bond acceptors (Lipinski definition) is 5. The molecule has 27 heavy (non-hydrogen) atoms. The van der Waals surface area contributed by atoms with Gasteiger partial charge in [0.15, 0.2) is 0 Å². The molecule has 0 heterocycles. The van der Waals surface area contributed by atoms with E-state index in [4.69, 9.17) is 9.47 Å². The molecule has 0 aliphatic carbocycles. The lowest BCUT2D eigenvalue weighted by Crippen LogP contribution is -2.38. The molecule has 0 spiro atoms. The van der Waals surface area contributed by atoms with E-state index >= 15 is 0 Å². The van der Waals surface area contributed by atoms with Crippen LogP contribution >= 0.6 is 0 Å². The fourth-order valence-corrected chi connectivity index (χ4v) is 2.45. The second-order valence-electron chi connectivity index (χ2n) is 6.15. The van der Waals surface area contributed by atoms with Crippen molar-refractivity contribution in [3.8, 4) is 5.75 Å².